The highest BCUT2D eigenvalue weighted by Crippen LogP contribution is 2.31. The van der Waals surface area contributed by atoms with E-state index in [0.29, 0.717) is 19.1 Å². The second kappa shape index (κ2) is 7.75. The maximum absolute atomic E-state index is 12.1. The molecule has 2 atom stereocenters. The van der Waals surface area contributed by atoms with Crippen LogP contribution in [0.1, 0.15) is 44.1 Å². The molecule has 1 heterocycles. The normalized spacial score (nSPS) is 26.1. The van der Waals surface area contributed by atoms with Crippen molar-refractivity contribution in [2.24, 2.45) is 11.8 Å². The zero-order valence-electron chi connectivity index (χ0n) is 13.1. The summed E-state index contributed by atoms with van der Waals surface area (Å²) in [5, 5.41) is 2.98. The Morgan fingerprint density at radius 2 is 1.91 bits per heavy atom. The first kappa shape index (κ1) is 15.5. The van der Waals surface area contributed by atoms with E-state index < -0.39 is 0 Å². The molecule has 1 aromatic carbocycles. The zero-order valence-corrected chi connectivity index (χ0v) is 13.1. The van der Waals surface area contributed by atoms with Crippen molar-refractivity contribution in [2.45, 2.75) is 51.2 Å². The molecule has 22 heavy (non-hydrogen) atoms. The Morgan fingerprint density at radius 1 is 1.14 bits per heavy atom. The minimum absolute atomic E-state index is 0.0545. The lowest BCUT2D eigenvalue weighted by atomic mass is 9.81. The van der Waals surface area contributed by atoms with Crippen LogP contribution in [0.2, 0.25) is 0 Å². The third-order valence-electron chi connectivity index (χ3n) is 4.95. The van der Waals surface area contributed by atoms with Crippen LogP contribution in [0.3, 0.4) is 0 Å². The summed E-state index contributed by atoms with van der Waals surface area (Å²) in [7, 11) is 0. The van der Waals surface area contributed by atoms with Crippen LogP contribution in [0.4, 0.5) is 0 Å². The van der Waals surface area contributed by atoms with E-state index in [1.807, 2.05) is 30.3 Å². The molecule has 4 nitrogen and oxygen atoms in total. The summed E-state index contributed by atoms with van der Waals surface area (Å²) in [6.45, 7) is 1.20. The van der Waals surface area contributed by atoms with Crippen LogP contribution in [-0.4, -0.2) is 18.5 Å². The van der Waals surface area contributed by atoms with E-state index in [1.54, 1.807) is 0 Å². The summed E-state index contributed by atoms with van der Waals surface area (Å²) in [5.74, 6) is 0.950. The van der Waals surface area contributed by atoms with Gasteiger partial charge in [0.05, 0.1) is 18.6 Å². The summed E-state index contributed by atoms with van der Waals surface area (Å²) in [4.78, 5) is 17.7. The molecule has 2 N–H and O–H groups in total. The Balaban J connectivity index is 1.47. The van der Waals surface area contributed by atoms with Crippen molar-refractivity contribution in [1.29, 1.82) is 0 Å². The van der Waals surface area contributed by atoms with Crippen LogP contribution in [-0.2, 0) is 16.2 Å². The number of nitrogens with one attached hydrogen (secondary N) is 2. The van der Waals surface area contributed by atoms with Gasteiger partial charge in [-0.3, -0.25) is 9.63 Å². The number of hydroxylamine groups is 1. The van der Waals surface area contributed by atoms with Gasteiger partial charge in [0.2, 0.25) is 5.91 Å². The van der Waals surface area contributed by atoms with Gasteiger partial charge in [-0.2, -0.15) is 5.48 Å². The average molecular weight is 302 g/mol. The van der Waals surface area contributed by atoms with E-state index in [2.05, 4.69) is 10.8 Å². The quantitative estimate of drug-likeness (QED) is 0.795. The van der Waals surface area contributed by atoms with Gasteiger partial charge in [-0.25, -0.2) is 0 Å². The molecule has 2 aliphatic rings. The van der Waals surface area contributed by atoms with Crippen molar-refractivity contribution in [2.75, 3.05) is 6.54 Å². The van der Waals surface area contributed by atoms with Crippen LogP contribution in [0.15, 0.2) is 30.3 Å². The molecule has 3 rings (SSSR count). The Hall–Kier alpha value is -1.39. The number of carbonyl (C=O) groups is 1. The monoisotopic (exact) mass is 302 g/mol. The van der Waals surface area contributed by atoms with Gasteiger partial charge in [0.25, 0.3) is 0 Å². The van der Waals surface area contributed by atoms with Crippen molar-refractivity contribution in [3.05, 3.63) is 35.9 Å². The molecule has 2 fully saturated rings. The van der Waals surface area contributed by atoms with Gasteiger partial charge in [0.1, 0.15) is 0 Å². The van der Waals surface area contributed by atoms with Crippen molar-refractivity contribution >= 4 is 5.91 Å². The van der Waals surface area contributed by atoms with Crippen LogP contribution >= 0.6 is 0 Å². The van der Waals surface area contributed by atoms with E-state index in [9.17, 15) is 4.79 Å². The van der Waals surface area contributed by atoms with Gasteiger partial charge in [-0.15, -0.1) is 0 Å². The molecule has 1 saturated heterocycles. The minimum atomic E-state index is 0.0545. The summed E-state index contributed by atoms with van der Waals surface area (Å²) >= 11 is 0. The van der Waals surface area contributed by atoms with Crippen LogP contribution < -0.4 is 10.8 Å². The number of amides is 1. The molecule has 1 aromatic rings. The third-order valence-corrected chi connectivity index (χ3v) is 4.95. The first-order valence-electron chi connectivity index (χ1n) is 8.52. The SMILES string of the molecule is O=C1NCC(NOCc2ccccc2)C1CC1CCCCC1. The fourth-order valence-corrected chi connectivity index (χ4v) is 3.65. The molecule has 1 amide bonds. The lowest BCUT2D eigenvalue weighted by Gasteiger charge is -2.26. The Kier molecular flexibility index (Phi) is 5.46. The number of benzene rings is 1. The predicted molar refractivity (Wildman–Crippen MR) is 85.8 cm³/mol. The van der Waals surface area contributed by atoms with Crippen molar-refractivity contribution in [1.82, 2.24) is 10.8 Å². The molecule has 2 unspecified atom stereocenters. The first-order valence-corrected chi connectivity index (χ1v) is 8.52. The van der Waals surface area contributed by atoms with Crippen LogP contribution in [0.25, 0.3) is 0 Å². The van der Waals surface area contributed by atoms with E-state index in [4.69, 9.17) is 4.84 Å². The molecule has 120 valence electrons. The van der Waals surface area contributed by atoms with Gasteiger partial charge in [0, 0.05) is 6.54 Å². The summed E-state index contributed by atoms with van der Waals surface area (Å²) in [6, 6.07) is 10.2. The molecular weight excluding hydrogens is 276 g/mol. The Labute approximate surface area is 132 Å². The molecule has 1 aliphatic heterocycles. The highest BCUT2D eigenvalue weighted by molar-refractivity contribution is 5.81. The number of carbonyl (C=O) groups excluding carboxylic acids is 1. The molecule has 0 bridgehead atoms. The van der Waals surface area contributed by atoms with Crippen molar-refractivity contribution in [3.63, 3.8) is 0 Å². The van der Waals surface area contributed by atoms with Gasteiger partial charge in [-0.05, 0) is 17.9 Å². The highest BCUT2D eigenvalue weighted by Gasteiger charge is 2.36. The maximum atomic E-state index is 12.1. The molecule has 0 spiro atoms. The van der Waals surface area contributed by atoms with Crippen LogP contribution in [0, 0.1) is 11.8 Å². The van der Waals surface area contributed by atoms with Gasteiger partial charge in [0.15, 0.2) is 0 Å². The average Bonchev–Trinajstić information content (AvgIpc) is 2.90. The van der Waals surface area contributed by atoms with E-state index in [0.717, 1.165) is 12.0 Å². The highest BCUT2D eigenvalue weighted by atomic mass is 16.6. The minimum Gasteiger partial charge on any atom is -0.354 e. The first-order chi connectivity index (χ1) is 10.8. The Bertz CT molecular complexity index is 471. The second-order valence-electron chi connectivity index (χ2n) is 6.59. The number of rotatable bonds is 6. The molecule has 4 heteroatoms. The molecule has 1 aliphatic carbocycles. The topological polar surface area (TPSA) is 50.4 Å². The fraction of sp³-hybridized carbons (Fsp3) is 0.611. The fourth-order valence-electron chi connectivity index (χ4n) is 3.65. The second-order valence-corrected chi connectivity index (χ2v) is 6.59. The zero-order chi connectivity index (χ0) is 15.2. The predicted octanol–water partition coefficient (Wildman–Crippen LogP) is 2.79. The standard InChI is InChI=1S/C18H26N2O2/c21-18-16(11-14-7-3-1-4-8-14)17(12-19-18)20-22-13-15-9-5-2-6-10-15/h2,5-6,9-10,14,16-17,20H,1,3-4,7-8,11-13H2,(H,19,21). The molecule has 0 radical (unpaired) electrons. The van der Waals surface area contributed by atoms with E-state index in [-0.39, 0.29) is 17.9 Å². The Morgan fingerprint density at radius 3 is 2.68 bits per heavy atom. The van der Waals surface area contributed by atoms with Crippen molar-refractivity contribution < 1.29 is 9.63 Å². The molecule has 1 saturated carbocycles. The van der Waals surface area contributed by atoms with Gasteiger partial charge >= 0.3 is 0 Å². The largest absolute Gasteiger partial charge is 0.354 e. The summed E-state index contributed by atoms with van der Waals surface area (Å²) in [5.41, 5.74) is 4.25. The number of hydrogen-bond donors (Lipinski definition) is 2. The molecular formula is C18H26N2O2. The lowest BCUT2D eigenvalue weighted by molar-refractivity contribution is -0.124. The van der Waals surface area contributed by atoms with Crippen LogP contribution in [0.5, 0.6) is 0 Å². The van der Waals surface area contributed by atoms with Gasteiger partial charge in [-0.1, -0.05) is 62.4 Å². The summed E-state index contributed by atoms with van der Waals surface area (Å²) in [6.07, 6.45) is 7.55. The number of hydrogen-bond acceptors (Lipinski definition) is 3. The smallest absolute Gasteiger partial charge is 0.224 e. The lowest BCUT2D eigenvalue weighted by Crippen LogP contribution is -2.37. The van der Waals surface area contributed by atoms with Gasteiger partial charge < -0.3 is 5.32 Å². The van der Waals surface area contributed by atoms with Crippen molar-refractivity contribution in [3.8, 4) is 0 Å². The maximum Gasteiger partial charge on any atom is 0.224 e. The summed E-state index contributed by atoms with van der Waals surface area (Å²) < 4.78 is 0. The van der Waals surface area contributed by atoms with E-state index in [1.165, 1.54) is 32.1 Å². The molecule has 0 aromatic heterocycles. The third kappa shape index (κ3) is 4.08. The van der Waals surface area contributed by atoms with E-state index >= 15 is 0 Å².